The Morgan fingerprint density at radius 3 is 2.92 bits per heavy atom. The number of anilines is 1. The maximum Gasteiger partial charge on any atom is 0.309 e. The van der Waals surface area contributed by atoms with E-state index in [1.165, 1.54) is 4.90 Å². The predicted octanol–water partition coefficient (Wildman–Crippen LogP) is 2.00. The van der Waals surface area contributed by atoms with Crippen molar-refractivity contribution in [2.45, 2.75) is 32.4 Å². The predicted molar refractivity (Wildman–Crippen MR) is 88.7 cm³/mol. The van der Waals surface area contributed by atoms with Crippen molar-refractivity contribution in [3.8, 4) is 0 Å². The highest BCUT2D eigenvalue weighted by Gasteiger charge is 2.56. The number of piperidine rings is 1. The van der Waals surface area contributed by atoms with Gasteiger partial charge in [0.05, 0.1) is 5.41 Å². The van der Waals surface area contributed by atoms with Crippen molar-refractivity contribution < 1.29 is 19.1 Å². The van der Waals surface area contributed by atoms with Gasteiger partial charge in [0.25, 0.3) is 5.91 Å². The lowest BCUT2D eigenvalue weighted by Gasteiger charge is -2.29. The molecule has 2 heterocycles. The molecule has 2 atom stereocenters. The van der Waals surface area contributed by atoms with Crippen molar-refractivity contribution in [3.63, 3.8) is 0 Å². The van der Waals surface area contributed by atoms with Crippen LogP contribution >= 0.6 is 0 Å². The molecule has 0 aliphatic carbocycles. The van der Waals surface area contributed by atoms with Crippen LogP contribution in [0.3, 0.4) is 0 Å². The minimum atomic E-state index is -1.78. The Hall–Kier alpha value is -1.95. The van der Waals surface area contributed by atoms with Gasteiger partial charge in [0, 0.05) is 31.1 Å². The molecule has 2 saturated heterocycles. The summed E-state index contributed by atoms with van der Waals surface area (Å²) < 4.78 is 15.1. The zero-order valence-corrected chi connectivity index (χ0v) is 14.0. The van der Waals surface area contributed by atoms with Crippen LogP contribution in [0.15, 0.2) is 24.3 Å². The van der Waals surface area contributed by atoms with Gasteiger partial charge in [-0.3, -0.25) is 9.59 Å². The number of amides is 1. The number of alkyl halides is 1. The third-order valence-corrected chi connectivity index (χ3v) is 5.15. The number of carboxylic acids is 1. The number of hydrogen-bond acceptors (Lipinski definition) is 3. The van der Waals surface area contributed by atoms with Crippen LogP contribution in [-0.4, -0.2) is 42.3 Å². The fourth-order valence-electron chi connectivity index (χ4n) is 3.57. The van der Waals surface area contributed by atoms with E-state index >= 15 is 4.39 Å². The number of halogens is 1. The number of fused-ring (bicyclic) bond motifs is 1. The van der Waals surface area contributed by atoms with Gasteiger partial charge >= 0.3 is 5.97 Å². The minimum absolute atomic E-state index is 0.207. The van der Waals surface area contributed by atoms with Gasteiger partial charge in [-0.25, -0.2) is 4.39 Å². The number of nitrogens with one attached hydrogen (secondary N) is 1. The Labute approximate surface area is 140 Å². The number of rotatable bonds is 4. The maximum atomic E-state index is 15.1. The van der Waals surface area contributed by atoms with Crippen LogP contribution in [0.2, 0.25) is 0 Å². The molecule has 0 bridgehead atoms. The van der Waals surface area contributed by atoms with Crippen molar-refractivity contribution in [2.75, 3.05) is 24.5 Å². The van der Waals surface area contributed by atoms with E-state index in [0.717, 1.165) is 5.56 Å². The third kappa shape index (κ3) is 2.79. The standard InChI is InChI=1S/C18H23FN2O3/c1-17(2,16(23)24)9-12-4-3-5-14(8-12)21-11-13-10-20-7-6-18(13,19)15(21)22/h3-5,8,13,20H,6-7,9-11H2,1-2H3,(H,23,24). The molecule has 2 aliphatic heterocycles. The van der Waals surface area contributed by atoms with Gasteiger partial charge in [0.15, 0.2) is 5.67 Å². The van der Waals surface area contributed by atoms with E-state index < -0.39 is 23.0 Å². The Morgan fingerprint density at radius 2 is 2.25 bits per heavy atom. The molecule has 1 aromatic carbocycles. The van der Waals surface area contributed by atoms with Gasteiger partial charge in [0.2, 0.25) is 0 Å². The van der Waals surface area contributed by atoms with Gasteiger partial charge in [-0.05, 0) is 44.5 Å². The lowest BCUT2D eigenvalue weighted by molar-refractivity contribution is -0.146. The topological polar surface area (TPSA) is 69.6 Å². The third-order valence-electron chi connectivity index (χ3n) is 5.15. The molecule has 0 radical (unpaired) electrons. The average molecular weight is 334 g/mol. The second-order valence-corrected chi connectivity index (χ2v) is 7.46. The molecule has 0 spiro atoms. The molecule has 1 amide bonds. The van der Waals surface area contributed by atoms with Crippen LogP contribution in [0.25, 0.3) is 0 Å². The van der Waals surface area contributed by atoms with E-state index in [1.54, 1.807) is 32.0 Å². The first-order chi connectivity index (χ1) is 11.2. The van der Waals surface area contributed by atoms with Crippen LogP contribution in [0.5, 0.6) is 0 Å². The van der Waals surface area contributed by atoms with Crippen LogP contribution in [-0.2, 0) is 16.0 Å². The molecular formula is C18H23FN2O3. The van der Waals surface area contributed by atoms with Crippen LogP contribution < -0.4 is 10.2 Å². The molecule has 0 saturated carbocycles. The molecular weight excluding hydrogens is 311 g/mol. The van der Waals surface area contributed by atoms with Gasteiger partial charge in [0.1, 0.15) is 0 Å². The fourth-order valence-corrected chi connectivity index (χ4v) is 3.57. The average Bonchev–Trinajstić information content (AvgIpc) is 2.79. The summed E-state index contributed by atoms with van der Waals surface area (Å²) in [6.07, 6.45) is 0.558. The normalized spacial score (nSPS) is 27.2. The summed E-state index contributed by atoms with van der Waals surface area (Å²) in [6.45, 7) is 4.71. The molecule has 2 N–H and O–H groups in total. The van der Waals surface area contributed by atoms with Crippen molar-refractivity contribution in [1.29, 1.82) is 0 Å². The highest BCUT2D eigenvalue weighted by Crippen LogP contribution is 2.40. The molecule has 2 unspecified atom stereocenters. The summed E-state index contributed by atoms with van der Waals surface area (Å²) in [5.41, 5.74) is -1.20. The monoisotopic (exact) mass is 334 g/mol. The maximum absolute atomic E-state index is 15.1. The SMILES string of the molecule is CC(C)(Cc1cccc(N2CC3CNCCC3(F)C2=O)c1)C(=O)O. The zero-order chi connectivity index (χ0) is 17.5. The molecule has 2 aliphatic rings. The molecule has 130 valence electrons. The Bertz CT molecular complexity index is 676. The number of carbonyl (C=O) groups is 2. The summed E-state index contributed by atoms with van der Waals surface area (Å²) in [4.78, 5) is 25.4. The van der Waals surface area contributed by atoms with Crippen molar-refractivity contribution >= 4 is 17.6 Å². The van der Waals surface area contributed by atoms with E-state index in [2.05, 4.69) is 5.32 Å². The van der Waals surface area contributed by atoms with E-state index in [0.29, 0.717) is 31.7 Å². The van der Waals surface area contributed by atoms with Crippen LogP contribution in [0.4, 0.5) is 10.1 Å². The largest absolute Gasteiger partial charge is 0.481 e. The fraction of sp³-hybridized carbons (Fsp3) is 0.556. The zero-order valence-electron chi connectivity index (χ0n) is 14.0. The highest BCUT2D eigenvalue weighted by atomic mass is 19.1. The second kappa shape index (κ2) is 5.84. The molecule has 24 heavy (non-hydrogen) atoms. The number of carboxylic acid groups (broad SMARTS) is 1. The Kier molecular flexibility index (Phi) is 4.11. The number of nitrogens with zero attached hydrogens (tertiary/aromatic N) is 1. The summed E-state index contributed by atoms with van der Waals surface area (Å²) in [5.74, 6) is -1.67. The van der Waals surface area contributed by atoms with Gasteiger partial charge in [-0.15, -0.1) is 0 Å². The summed E-state index contributed by atoms with van der Waals surface area (Å²) in [5, 5.41) is 12.4. The second-order valence-electron chi connectivity index (χ2n) is 7.46. The number of benzene rings is 1. The van der Waals surface area contributed by atoms with Gasteiger partial charge in [-0.2, -0.15) is 0 Å². The number of carbonyl (C=O) groups excluding carboxylic acids is 1. The van der Waals surface area contributed by atoms with Crippen molar-refractivity contribution in [3.05, 3.63) is 29.8 Å². The smallest absolute Gasteiger partial charge is 0.309 e. The van der Waals surface area contributed by atoms with Gasteiger partial charge in [-0.1, -0.05) is 12.1 Å². The van der Waals surface area contributed by atoms with Crippen LogP contribution in [0.1, 0.15) is 25.8 Å². The molecule has 2 fully saturated rings. The van der Waals surface area contributed by atoms with E-state index in [4.69, 9.17) is 0 Å². The molecule has 0 aromatic heterocycles. The summed E-state index contributed by atoms with van der Waals surface area (Å²) >= 11 is 0. The molecule has 1 aromatic rings. The first kappa shape index (κ1) is 16.9. The van der Waals surface area contributed by atoms with Crippen molar-refractivity contribution in [1.82, 2.24) is 5.32 Å². The first-order valence-corrected chi connectivity index (χ1v) is 8.28. The lowest BCUT2D eigenvalue weighted by atomic mass is 9.86. The molecule has 6 heteroatoms. The first-order valence-electron chi connectivity index (χ1n) is 8.28. The minimum Gasteiger partial charge on any atom is -0.481 e. The summed E-state index contributed by atoms with van der Waals surface area (Å²) in [7, 11) is 0. The number of aliphatic carboxylic acids is 1. The highest BCUT2D eigenvalue weighted by molar-refractivity contribution is 6.02. The molecule has 5 nitrogen and oxygen atoms in total. The van der Waals surface area contributed by atoms with Crippen molar-refractivity contribution in [2.24, 2.45) is 11.3 Å². The van der Waals surface area contributed by atoms with E-state index in [9.17, 15) is 14.7 Å². The number of hydrogen-bond donors (Lipinski definition) is 2. The quantitative estimate of drug-likeness (QED) is 0.884. The lowest BCUT2D eigenvalue weighted by Crippen LogP contribution is -2.49. The van der Waals surface area contributed by atoms with E-state index in [-0.39, 0.29) is 12.3 Å². The Morgan fingerprint density at radius 1 is 1.50 bits per heavy atom. The van der Waals surface area contributed by atoms with Crippen LogP contribution in [0, 0.1) is 11.3 Å². The van der Waals surface area contributed by atoms with E-state index in [1.807, 2.05) is 6.07 Å². The molecule has 3 rings (SSSR count). The van der Waals surface area contributed by atoms with Gasteiger partial charge < -0.3 is 15.3 Å². The summed E-state index contributed by atoms with van der Waals surface area (Å²) in [6, 6.07) is 7.22. The Balaban J connectivity index is 1.85.